The minimum absolute atomic E-state index is 0.0261. The minimum Gasteiger partial charge on any atom is -0.350 e. The van der Waals surface area contributed by atoms with Gasteiger partial charge in [0.25, 0.3) is 0 Å². The summed E-state index contributed by atoms with van der Waals surface area (Å²) in [5, 5.41) is 12.1. The third-order valence-corrected chi connectivity index (χ3v) is 5.96. The number of thioether (sulfide) groups is 1. The van der Waals surface area contributed by atoms with E-state index in [1.165, 1.54) is 16.5 Å². The fraction of sp³-hybridized carbons (Fsp3) is 0.438. The van der Waals surface area contributed by atoms with E-state index in [9.17, 15) is 4.79 Å². The summed E-state index contributed by atoms with van der Waals surface area (Å²) in [7, 11) is 0. The third-order valence-electron chi connectivity index (χ3n) is 3.91. The van der Waals surface area contributed by atoms with Gasteiger partial charge in [-0.15, -0.1) is 10.2 Å². The fourth-order valence-electron chi connectivity index (χ4n) is 2.17. The molecule has 1 atom stereocenters. The summed E-state index contributed by atoms with van der Waals surface area (Å²) in [6.45, 7) is 8.03. The lowest BCUT2D eigenvalue weighted by Gasteiger charge is -2.26. The van der Waals surface area contributed by atoms with Crippen molar-refractivity contribution in [2.45, 2.75) is 50.1 Å². The fourth-order valence-corrected chi connectivity index (χ4v) is 4.05. The molecule has 3 rings (SSSR count). The molecule has 3 aromatic rings. The lowest BCUT2D eigenvalue weighted by atomic mass is 10.0. The summed E-state index contributed by atoms with van der Waals surface area (Å²) in [5.41, 5.74) is 0.891. The molecule has 7 heteroatoms. The van der Waals surface area contributed by atoms with Crippen molar-refractivity contribution < 1.29 is 4.79 Å². The van der Waals surface area contributed by atoms with Gasteiger partial charge in [0.05, 0.1) is 15.5 Å². The molecule has 5 nitrogen and oxygen atoms in total. The number of thiazole rings is 1. The standard InChI is InChI=1S/C16H20N4OS2/c1-5-16(3,4)17-13(21)10(2)22-14-18-19-15-20(14)11-8-6-7-9-12(11)23-15/h6-10H,5H2,1-4H3,(H,17,21). The van der Waals surface area contributed by atoms with Crippen LogP contribution < -0.4 is 5.32 Å². The second kappa shape index (κ2) is 6.13. The average molecular weight is 348 g/mol. The highest BCUT2D eigenvalue weighted by Crippen LogP contribution is 2.31. The number of fused-ring (bicyclic) bond motifs is 3. The van der Waals surface area contributed by atoms with Gasteiger partial charge in [0.15, 0.2) is 5.16 Å². The average Bonchev–Trinajstić information content (AvgIpc) is 3.06. The molecular weight excluding hydrogens is 328 g/mol. The van der Waals surface area contributed by atoms with Crippen LogP contribution in [0.5, 0.6) is 0 Å². The lowest BCUT2D eigenvalue weighted by molar-refractivity contribution is -0.121. The molecule has 2 heterocycles. The highest BCUT2D eigenvalue weighted by atomic mass is 32.2. The van der Waals surface area contributed by atoms with Crippen LogP contribution in [0, 0.1) is 0 Å². The summed E-state index contributed by atoms with van der Waals surface area (Å²) < 4.78 is 3.20. The van der Waals surface area contributed by atoms with Crippen molar-refractivity contribution in [2.24, 2.45) is 0 Å². The zero-order chi connectivity index (χ0) is 16.6. The maximum absolute atomic E-state index is 12.4. The monoisotopic (exact) mass is 348 g/mol. The van der Waals surface area contributed by atoms with Gasteiger partial charge in [-0.2, -0.15) is 0 Å². The van der Waals surface area contributed by atoms with Crippen LogP contribution in [-0.4, -0.2) is 31.3 Å². The summed E-state index contributed by atoms with van der Waals surface area (Å²) in [6, 6.07) is 8.14. The first kappa shape index (κ1) is 16.3. The van der Waals surface area contributed by atoms with E-state index in [1.54, 1.807) is 11.3 Å². The van der Waals surface area contributed by atoms with Crippen molar-refractivity contribution in [2.75, 3.05) is 0 Å². The van der Waals surface area contributed by atoms with Crippen LogP contribution in [0.15, 0.2) is 29.4 Å². The number of para-hydroxylation sites is 1. The number of hydrogen-bond acceptors (Lipinski definition) is 5. The van der Waals surface area contributed by atoms with Gasteiger partial charge < -0.3 is 5.32 Å². The Bertz CT molecular complexity index is 852. The van der Waals surface area contributed by atoms with Crippen LogP contribution in [0.1, 0.15) is 34.1 Å². The highest BCUT2D eigenvalue weighted by Gasteiger charge is 2.24. The van der Waals surface area contributed by atoms with Gasteiger partial charge in [-0.05, 0) is 39.3 Å². The van der Waals surface area contributed by atoms with Gasteiger partial charge in [0, 0.05) is 5.54 Å². The summed E-state index contributed by atoms with van der Waals surface area (Å²) >= 11 is 3.05. The molecule has 1 N–H and O–H groups in total. The molecule has 0 aliphatic carbocycles. The van der Waals surface area contributed by atoms with E-state index in [0.717, 1.165) is 22.1 Å². The van der Waals surface area contributed by atoms with Crippen LogP contribution in [0.2, 0.25) is 0 Å². The zero-order valence-electron chi connectivity index (χ0n) is 13.7. The molecule has 0 aliphatic rings. The SMILES string of the molecule is CCC(C)(C)NC(=O)C(C)Sc1nnc2sc3ccccc3n12. The molecule has 1 aromatic carbocycles. The molecule has 0 radical (unpaired) electrons. The first-order valence-corrected chi connectivity index (χ1v) is 9.32. The Labute approximate surface area is 143 Å². The van der Waals surface area contributed by atoms with Crippen LogP contribution >= 0.6 is 23.1 Å². The van der Waals surface area contributed by atoms with E-state index in [2.05, 4.69) is 34.6 Å². The Kier molecular flexibility index (Phi) is 4.33. The molecule has 122 valence electrons. The number of nitrogens with zero attached hydrogens (tertiary/aromatic N) is 3. The lowest BCUT2D eigenvalue weighted by Crippen LogP contribution is -2.46. The van der Waals surface area contributed by atoms with Gasteiger partial charge in [-0.25, -0.2) is 0 Å². The van der Waals surface area contributed by atoms with E-state index in [-0.39, 0.29) is 16.7 Å². The molecule has 1 unspecified atom stereocenters. The number of rotatable bonds is 5. The Morgan fingerprint density at radius 1 is 1.39 bits per heavy atom. The number of carbonyl (C=O) groups excluding carboxylic acids is 1. The number of aromatic nitrogens is 3. The van der Waals surface area contributed by atoms with Gasteiger partial charge >= 0.3 is 0 Å². The van der Waals surface area contributed by atoms with Crippen LogP contribution in [0.25, 0.3) is 15.2 Å². The first-order chi connectivity index (χ1) is 10.9. The van der Waals surface area contributed by atoms with Crippen molar-refractivity contribution in [1.82, 2.24) is 19.9 Å². The second-order valence-corrected chi connectivity index (χ2v) is 8.47. The molecule has 0 bridgehead atoms. The molecule has 0 saturated carbocycles. The van der Waals surface area contributed by atoms with Crippen LogP contribution in [0.3, 0.4) is 0 Å². The predicted octanol–water partition coefficient (Wildman–Crippen LogP) is 3.73. The molecule has 1 amide bonds. The maximum atomic E-state index is 12.4. The smallest absolute Gasteiger partial charge is 0.233 e. The molecule has 0 saturated heterocycles. The Morgan fingerprint density at radius 2 is 2.13 bits per heavy atom. The van der Waals surface area contributed by atoms with Crippen LogP contribution in [-0.2, 0) is 4.79 Å². The van der Waals surface area contributed by atoms with Gasteiger partial charge in [0.1, 0.15) is 0 Å². The van der Waals surface area contributed by atoms with Gasteiger partial charge in [0.2, 0.25) is 10.9 Å². The van der Waals surface area contributed by atoms with Gasteiger partial charge in [-0.1, -0.05) is 42.2 Å². The van der Waals surface area contributed by atoms with E-state index in [1.807, 2.05) is 37.3 Å². The highest BCUT2D eigenvalue weighted by molar-refractivity contribution is 8.00. The largest absolute Gasteiger partial charge is 0.350 e. The van der Waals surface area contributed by atoms with E-state index < -0.39 is 0 Å². The molecule has 0 spiro atoms. The van der Waals surface area contributed by atoms with Crippen molar-refractivity contribution in [3.05, 3.63) is 24.3 Å². The zero-order valence-corrected chi connectivity index (χ0v) is 15.3. The normalized spacial score (nSPS) is 13.6. The van der Waals surface area contributed by atoms with Crippen molar-refractivity contribution >= 4 is 44.2 Å². The summed E-state index contributed by atoms with van der Waals surface area (Å²) in [4.78, 5) is 13.3. The number of benzene rings is 1. The number of hydrogen-bond donors (Lipinski definition) is 1. The predicted molar refractivity (Wildman–Crippen MR) is 96.2 cm³/mol. The van der Waals surface area contributed by atoms with Crippen molar-refractivity contribution in [3.8, 4) is 0 Å². The van der Waals surface area contributed by atoms with E-state index in [4.69, 9.17) is 0 Å². The number of carbonyl (C=O) groups is 1. The number of nitrogens with one attached hydrogen (secondary N) is 1. The van der Waals surface area contributed by atoms with E-state index >= 15 is 0 Å². The Morgan fingerprint density at radius 3 is 2.87 bits per heavy atom. The quantitative estimate of drug-likeness (QED) is 0.714. The van der Waals surface area contributed by atoms with Crippen LogP contribution in [0.4, 0.5) is 0 Å². The number of amides is 1. The molecule has 0 fully saturated rings. The molecule has 23 heavy (non-hydrogen) atoms. The first-order valence-electron chi connectivity index (χ1n) is 7.62. The maximum Gasteiger partial charge on any atom is 0.233 e. The van der Waals surface area contributed by atoms with E-state index in [0.29, 0.717) is 0 Å². The van der Waals surface area contributed by atoms with Crippen molar-refractivity contribution in [3.63, 3.8) is 0 Å². The third kappa shape index (κ3) is 3.21. The topological polar surface area (TPSA) is 59.3 Å². The molecular formula is C16H20N4OS2. The molecule has 0 aliphatic heterocycles. The second-order valence-electron chi connectivity index (χ2n) is 6.16. The summed E-state index contributed by atoms with van der Waals surface area (Å²) in [5.74, 6) is 0.0261. The Balaban J connectivity index is 1.85. The Hall–Kier alpha value is -1.60. The van der Waals surface area contributed by atoms with Crippen molar-refractivity contribution in [1.29, 1.82) is 0 Å². The minimum atomic E-state index is -0.230. The summed E-state index contributed by atoms with van der Waals surface area (Å²) in [6.07, 6.45) is 0.889. The van der Waals surface area contributed by atoms with Gasteiger partial charge in [-0.3, -0.25) is 9.20 Å². The molecule has 2 aromatic heterocycles.